The number of fused-ring (bicyclic) bond motifs is 1. The molecule has 3 N–H and O–H groups in total. The number of nitrogen functional groups attached to an aromatic ring is 1. The van der Waals surface area contributed by atoms with Crippen molar-refractivity contribution in [3.8, 4) is 11.1 Å². The Balaban J connectivity index is 1.95. The van der Waals surface area contributed by atoms with Gasteiger partial charge < -0.3 is 10.7 Å². The minimum absolute atomic E-state index is 0.692. The summed E-state index contributed by atoms with van der Waals surface area (Å²) in [6, 6.07) is 15.2. The molecule has 0 fully saturated rings. The molecule has 0 aliphatic heterocycles. The molecule has 0 atom stereocenters. The number of aromatic nitrogens is 1. The molecule has 1 aromatic heterocycles. The number of nitrogens with one attached hydrogen (secondary N) is 1. The molecular formula is C18H20N2. The first kappa shape index (κ1) is 12.8. The van der Waals surface area contributed by atoms with Gasteiger partial charge in [-0.3, -0.25) is 0 Å². The van der Waals surface area contributed by atoms with Crippen LogP contribution in [-0.4, -0.2) is 4.98 Å². The fourth-order valence-electron chi connectivity index (χ4n) is 2.63. The van der Waals surface area contributed by atoms with E-state index in [1.165, 1.54) is 16.7 Å². The SMILES string of the molecule is CC(C)Cc1ccc(-c2ccc3[nH]cc(N)c3c2)cc1. The lowest BCUT2D eigenvalue weighted by atomic mass is 9.98. The van der Waals surface area contributed by atoms with Crippen molar-refractivity contribution >= 4 is 16.6 Å². The van der Waals surface area contributed by atoms with Gasteiger partial charge in [-0.1, -0.05) is 44.2 Å². The summed E-state index contributed by atoms with van der Waals surface area (Å²) in [7, 11) is 0. The lowest BCUT2D eigenvalue weighted by Gasteiger charge is -2.07. The highest BCUT2D eigenvalue weighted by Crippen LogP contribution is 2.27. The molecule has 0 radical (unpaired) electrons. The highest BCUT2D eigenvalue weighted by molar-refractivity contribution is 5.94. The molecule has 0 bridgehead atoms. The third-order valence-electron chi connectivity index (χ3n) is 3.64. The van der Waals surface area contributed by atoms with Gasteiger partial charge >= 0.3 is 0 Å². The summed E-state index contributed by atoms with van der Waals surface area (Å²) in [5, 5.41) is 1.09. The van der Waals surface area contributed by atoms with E-state index in [0.717, 1.165) is 23.0 Å². The van der Waals surface area contributed by atoms with Crippen LogP contribution in [-0.2, 0) is 6.42 Å². The third-order valence-corrected chi connectivity index (χ3v) is 3.64. The standard InChI is InChI=1S/C18H20N2/c1-12(2)9-13-3-5-14(6-4-13)15-7-8-18-16(10-15)17(19)11-20-18/h3-8,10-12,20H,9,19H2,1-2H3. The molecule has 3 rings (SSSR count). The number of rotatable bonds is 3. The molecule has 0 aliphatic rings. The van der Waals surface area contributed by atoms with E-state index in [2.05, 4.69) is 61.3 Å². The Morgan fingerprint density at radius 2 is 1.70 bits per heavy atom. The number of anilines is 1. The van der Waals surface area contributed by atoms with E-state index in [1.54, 1.807) is 0 Å². The second kappa shape index (κ2) is 5.04. The van der Waals surface area contributed by atoms with Gasteiger partial charge in [0.2, 0.25) is 0 Å². The zero-order chi connectivity index (χ0) is 14.1. The van der Waals surface area contributed by atoms with Crippen molar-refractivity contribution in [2.45, 2.75) is 20.3 Å². The molecule has 0 spiro atoms. The lowest BCUT2D eigenvalue weighted by molar-refractivity contribution is 0.647. The van der Waals surface area contributed by atoms with Crippen molar-refractivity contribution in [3.63, 3.8) is 0 Å². The van der Waals surface area contributed by atoms with E-state index in [1.807, 2.05) is 6.20 Å². The molecule has 20 heavy (non-hydrogen) atoms. The van der Waals surface area contributed by atoms with Gasteiger partial charge in [-0.2, -0.15) is 0 Å². The third kappa shape index (κ3) is 2.42. The van der Waals surface area contributed by atoms with Crippen LogP contribution in [0.25, 0.3) is 22.0 Å². The van der Waals surface area contributed by atoms with Crippen LogP contribution in [0.5, 0.6) is 0 Å². The second-order valence-corrected chi connectivity index (χ2v) is 5.80. The Labute approximate surface area is 119 Å². The minimum Gasteiger partial charge on any atom is -0.397 e. The number of hydrogen-bond donors (Lipinski definition) is 2. The number of hydrogen-bond acceptors (Lipinski definition) is 1. The fraction of sp³-hybridized carbons (Fsp3) is 0.222. The van der Waals surface area contributed by atoms with E-state index in [0.29, 0.717) is 5.92 Å². The first-order valence-electron chi connectivity index (χ1n) is 7.09. The number of nitrogens with two attached hydrogens (primary N) is 1. The Morgan fingerprint density at radius 3 is 2.40 bits per heavy atom. The largest absolute Gasteiger partial charge is 0.397 e. The van der Waals surface area contributed by atoms with Crippen LogP contribution < -0.4 is 5.73 Å². The number of aromatic amines is 1. The molecule has 0 saturated heterocycles. The summed E-state index contributed by atoms with van der Waals surface area (Å²) < 4.78 is 0. The van der Waals surface area contributed by atoms with Gasteiger partial charge in [-0.15, -0.1) is 0 Å². The average molecular weight is 264 g/mol. The highest BCUT2D eigenvalue weighted by Gasteiger charge is 2.04. The van der Waals surface area contributed by atoms with Crippen molar-refractivity contribution in [3.05, 3.63) is 54.2 Å². The van der Waals surface area contributed by atoms with Gasteiger partial charge in [0.25, 0.3) is 0 Å². The molecule has 2 aromatic carbocycles. The van der Waals surface area contributed by atoms with E-state index >= 15 is 0 Å². The van der Waals surface area contributed by atoms with Crippen molar-refractivity contribution in [1.29, 1.82) is 0 Å². The van der Waals surface area contributed by atoms with E-state index < -0.39 is 0 Å². The maximum absolute atomic E-state index is 5.97. The zero-order valence-electron chi connectivity index (χ0n) is 12.0. The molecule has 1 heterocycles. The van der Waals surface area contributed by atoms with Crippen molar-refractivity contribution in [2.24, 2.45) is 5.92 Å². The van der Waals surface area contributed by atoms with Crippen LogP contribution in [0.2, 0.25) is 0 Å². The van der Waals surface area contributed by atoms with Gasteiger partial charge in [-0.25, -0.2) is 0 Å². The zero-order valence-corrected chi connectivity index (χ0v) is 12.0. The lowest BCUT2D eigenvalue weighted by Crippen LogP contribution is -1.93. The van der Waals surface area contributed by atoms with Gasteiger partial charge in [0.15, 0.2) is 0 Å². The summed E-state index contributed by atoms with van der Waals surface area (Å²) in [5.41, 5.74) is 11.7. The molecule has 0 saturated carbocycles. The Hall–Kier alpha value is -2.22. The normalized spacial score (nSPS) is 11.3. The number of benzene rings is 2. The predicted octanol–water partition coefficient (Wildman–Crippen LogP) is 4.62. The van der Waals surface area contributed by atoms with E-state index in [4.69, 9.17) is 5.73 Å². The molecule has 2 heteroatoms. The van der Waals surface area contributed by atoms with E-state index in [-0.39, 0.29) is 0 Å². The number of H-pyrrole nitrogens is 1. The van der Waals surface area contributed by atoms with Crippen molar-refractivity contribution in [1.82, 2.24) is 4.98 Å². The minimum atomic E-state index is 0.692. The first-order chi connectivity index (χ1) is 9.63. The summed E-state index contributed by atoms with van der Waals surface area (Å²) in [5.74, 6) is 0.692. The quantitative estimate of drug-likeness (QED) is 0.712. The van der Waals surface area contributed by atoms with E-state index in [9.17, 15) is 0 Å². The molecule has 0 amide bonds. The van der Waals surface area contributed by atoms with Crippen LogP contribution in [0, 0.1) is 5.92 Å². The Morgan fingerprint density at radius 1 is 1.00 bits per heavy atom. The molecule has 102 valence electrons. The smallest absolute Gasteiger partial charge is 0.0572 e. The Bertz CT molecular complexity index is 721. The predicted molar refractivity (Wildman–Crippen MR) is 86.7 cm³/mol. The summed E-state index contributed by atoms with van der Waals surface area (Å²) in [6.45, 7) is 4.49. The van der Waals surface area contributed by atoms with Crippen LogP contribution in [0.3, 0.4) is 0 Å². The van der Waals surface area contributed by atoms with Gasteiger partial charge in [0.05, 0.1) is 5.69 Å². The van der Waals surface area contributed by atoms with Crippen LogP contribution in [0.1, 0.15) is 19.4 Å². The van der Waals surface area contributed by atoms with Crippen molar-refractivity contribution < 1.29 is 0 Å². The Kier molecular flexibility index (Phi) is 3.23. The molecule has 0 aliphatic carbocycles. The van der Waals surface area contributed by atoms with Gasteiger partial charge in [0, 0.05) is 17.1 Å². The van der Waals surface area contributed by atoms with Crippen LogP contribution in [0.15, 0.2) is 48.7 Å². The second-order valence-electron chi connectivity index (χ2n) is 5.80. The molecular weight excluding hydrogens is 244 g/mol. The maximum Gasteiger partial charge on any atom is 0.0572 e. The topological polar surface area (TPSA) is 41.8 Å². The summed E-state index contributed by atoms with van der Waals surface area (Å²) >= 11 is 0. The van der Waals surface area contributed by atoms with Crippen LogP contribution >= 0.6 is 0 Å². The average Bonchev–Trinajstić information content (AvgIpc) is 2.80. The molecule has 0 unspecified atom stereocenters. The van der Waals surface area contributed by atoms with Crippen molar-refractivity contribution in [2.75, 3.05) is 5.73 Å². The van der Waals surface area contributed by atoms with Crippen LogP contribution in [0.4, 0.5) is 5.69 Å². The first-order valence-corrected chi connectivity index (χ1v) is 7.09. The maximum atomic E-state index is 5.97. The summed E-state index contributed by atoms with van der Waals surface area (Å²) in [4.78, 5) is 3.17. The summed E-state index contributed by atoms with van der Waals surface area (Å²) in [6.07, 6.45) is 2.98. The fourth-order valence-corrected chi connectivity index (χ4v) is 2.63. The highest BCUT2D eigenvalue weighted by atomic mass is 14.7. The monoisotopic (exact) mass is 264 g/mol. The van der Waals surface area contributed by atoms with Gasteiger partial charge in [0.1, 0.15) is 0 Å². The van der Waals surface area contributed by atoms with Gasteiger partial charge in [-0.05, 0) is 41.2 Å². The molecule has 3 aromatic rings. The molecule has 2 nitrogen and oxygen atoms in total.